The van der Waals surface area contributed by atoms with Crippen LogP contribution in [0.15, 0.2) is 144 Å². The van der Waals surface area contributed by atoms with Gasteiger partial charge in [0.25, 0.3) is 0 Å². The molecule has 254 valence electrons. The molecule has 0 amide bonds. The second kappa shape index (κ2) is 13.0. The van der Waals surface area contributed by atoms with E-state index in [2.05, 4.69) is 128 Å². The van der Waals surface area contributed by atoms with Crippen LogP contribution in [-0.2, 0) is 12.8 Å². The highest BCUT2D eigenvalue weighted by molar-refractivity contribution is 6.08. The zero-order valence-electron chi connectivity index (χ0n) is 29.6. The lowest BCUT2D eigenvalue weighted by Gasteiger charge is -2.15. The van der Waals surface area contributed by atoms with Gasteiger partial charge >= 0.3 is 0 Å². The van der Waals surface area contributed by atoms with Crippen molar-refractivity contribution in [3.05, 3.63) is 162 Å². The number of aryl methyl sites for hydroxylation is 2. The zero-order valence-corrected chi connectivity index (χ0v) is 29.6. The fourth-order valence-corrected chi connectivity index (χ4v) is 8.02. The fourth-order valence-electron chi connectivity index (χ4n) is 8.02. The molecule has 0 saturated heterocycles. The summed E-state index contributed by atoms with van der Waals surface area (Å²) in [6.07, 6.45) is 7.53. The molecule has 4 nitrogen and oxygen atoms in total. The van der Waals surface area contributed by atoms with Crippen LogP contribution < -0.4 is 0 Å². The number of allylic oxidation sites excluding steroid dienone is 1. The summed E-state index contributed by atoms with van der Waals surface area (Å²) in [7, 11) is 0. The molecule has 4 heteroatoms. The highest BCUT2D eigenvalue weighted by Gasteiger charge is 2.24. The van der Waals surface area contributed by atoms with Crippen molar-refractivity contribution >= 4 is 54.9 Å². The molecule has 1 aliphatic carbocycles. The number of hydrogen-bond donors (Lipinski definition) is 0. The van der Waals surface area contributed by atoms with Crippen LogP contribution in [0.2, 0.25) is 0 Å². The molecule has 10 rings (SSSR count). The number of furan rings is 1. The van der Waals surface area contributed by atoms with Gasteiger partial charge in [0.2, 0.25) is 0 Å². The number of rotatable bonds is 7. The van der Waals surface area contributed by atoms with Crippen LogP contribution in [-0.4, -0.2) is 15.0 Å². The van der Waals surface area contributed by atoms with Gasteiger partial charge in [0.1, 0.15) is 11.3 Å². The molecule has 0 radical (unpaired) electrons. The molecule has 0 atom stereocenters. The van der Waals surface area contributed by atoms with Crippen LogP contribution in [0.3, 0.4) is 0 Å². The van der Waals surface area contributed by atoms with Gasteiger partial charge in [0, 0.05) is 27.6 Å². The third-order valence-electron chi connectivity index (χ3n) is 10.8. The van der Waals surface area contributed by atoms with Crippen molar-refractivity contribution in [2.75, 3.05) is 0 Å². The topological polar surface area (TPSA) is 51.8 Å². The number of aromatic nitrogens is 3. The van der Waals surface area contributed by atoms with Crippen LogP contribution in [0, 0.1) is 0 Å². The van der Waals surface area contributed by atoms with Gasteiger partial charge in [-0.1, -0.05) is 135 Å². The van der Waals surface area contributed by atoms with Gasteiger partial charge in [0.15, 0.2) is 17.5 Å². The summed E-state index contributed by atoms with van der Waals surface area (Å²) in [4.78, 5) is 15.3. The molecule has 0 unspecified atom stereocenters. The molecule has 0 spiro atoms. The van der Waals surface area contributed by atoms with Crippen LogP contribution >= 0.6 is 0 Å². The number of hydrogen-bond acceptors (Lipinski definition) is 4. The number of fused-ring (bicyclic) bond motifs is 7. The first-order valence-electron chi connectivity index (χ1n) is 18.7. The predicted molar refractivity (Wildman–Crippen MR) is 220 cm³/mol. The second-order valence-electron chi connectivity index (χ2n) is 14.2. The first-order chi connectivity index (χ1) is 26.2. The van der Waals surface area contributed by atoms with E-state index in [0.717, 1.165) is 52.7 Å². The lowest BCUT2D eigenvalue weighted by Crippen LogP contribution is -2.01. The zero-order chi connectivity index (χ0) is 35.3. The van der Waals surface area contributed by atoms with Gasteiger partial charge < -0.3 is 4.42 Å². The molecule has 0 fully saturated rings. The van der Waals surface area contributed by atoms with E-state index in [0.29, 0.717) is 17.5 Å². The first-order valence-corrected chi connectivity index (χ1v) is 18.7. The molecule has 2 heterocycles. The Morgan fingerprint density at radius 2 is 1.26 bits per heavy atom. The number of benzene rings is 7. The van der Waals surface area contributed by atoms with Crippen molar-refractivity contribution in [1.29, 1.82) is 0 Å². The van der Waals surface area contributed by atoms with Crippen LogP contribution in [0.5, 0.6) is 0 Å². The first kappa shape index (κ1) is 31.4. The van der Waals surface area contributed by atoms with Crippen LogP contribution in [0.25, 0.3) is 89.1 Å². The van der Waals surface area contributed by atoms with E-state index in [4.69, 9.17) is 19.4 Å². The largest absolute Gasteiger partial charge is 0.456 e. The van der Waals surface area contributed by atoms with Crippen molar-refractivity contribution in [3.63, 3.8) is 0 Å². The Labute approximate surface area is 308 Å². The van der Waals surface area contributed by atoms with Crippen molar-refractivity contribution in [2.24, 2.45) is 0 Å². The minimum Gasteiger partial charge on any atom is -0.456 e. The van der Waals surface area contributed by atoms with E-state index in [9.17, 15) is 0 Å². The summed E-state index contributed by atoms with van der Waals surface area (Å²) in [5.74, 6) is 2.87. The predicted octanol–water partition coefficient (Wildman–Crippen LogP) is 12.9. The van der Waals surface area contributed by atoms with Crippen molar-refractivity contribution in [2.45, 2.75) is 39.0 Å². The molecule has 53 heavy (non-hydrogen) atoms. The van der Waals surface area contributed by atoms with E-state index in [1.165, 1.54) is 67.4 Å². The standard InChI is InChI=1S/C49H37N3O/c1-2-3-10-31-17-18-35-29-39(22-20-34(35)27-31)48-50-47(33-12-5-4-6-13-33)51-49(52-48)43-15-9-16-44-46(43)42-26-24-37(30-45(42)53-44)36-23-25-41-38(28-36)21-19-32-11-7-8-14-40(32)41/h4-9,11-23,25,27-30H,2-3,10,24,26H2,1H3. The van der Waals surface area contributed by atoms with E-state index in [1.54, 1.807) is 0 Å². The van der Waals surface area contributed by atoms with Gasteiger partial charge in [-0.05, 0) is 99.0 Å². The highest BCUT2D eigenvalue weighted by atomic mass is 16.3. The van der Waals surface area contributed by atoms with E-state index in [1.807, 2.05) is 24.3 Å². The summed E-state index contributed by atoms with van der Waals surface area (Å²) in [6.45, 7) is 2.24. The van der Waals surface area contributed by atoms with E-state index >= 15 is 0 Å². The maximum Gasteiger partial charge on any atom is 0.164 e. The summed E-state index contributed by atoms with van der Waals surface area (Å²) < 4.78 is 6.61. The Balaban J connectivity index is 1.07. The van der Waals surface area contributed by atoms with Gasteiger partial charge in [-0.15, -0.1) is 0 Å². The third-order valence-corrected chi connectivity index (χ3v) is 10.8. The lowest BCUT2D eigenvalue weighted by atomic mass is 9.89. The van der Waals surface area contributed by atoms with Crippen LogP contribution in [0.1, 0.15) is 48.6 Å². The summed E-state index contributed by atoms with van der Waals surface area (Å²) in [5.41, 5.74) is 8.85. The second-order valence-corrected chi connectivity index (χ2v) is 14.2. The molecule has 0 saturated carbocycles. The molecule has 7 aromatic carbocycles. The monoisotopic (exact) mass is 683 g/mol. The molecule has 9 aromatic rings. The Hall–Kier alpha value is -6.39. The van der Waals surface area contributed by atoms with Gasteiger partial charge in [-0.2, -0.15) is 0 Å². The molecule has 1 aliphatic rings. The molecule has 2 aromatic heterocycles. The Morgan fingerprint density at radius 1 is 0.547 bits per heavy atom. The fraction of sp³-hybridized carbons (Fsp3) is 0.122. The van der Waals surface area contributed by atoms with Crippen molar-refractivity contribution in [1.82, 2.24) is 15.0 Å². The maximum absolute atomic E-state index is 6.61. The molecular weight excluding hydrogens is 647 g/mol. The number of unbranched alkanes of at least 4 members (excludes halogenated alkanes) is 1. The minimum absolute atomic E-state index is 0.648. The Bertz CT molecular complexity index is 2880. The molecule has 0 N–H and O–H groups in total. The Morgan fingerprint density at radius 3 is 2.17 bits per heavy atom. The van der Waals surface area contributed by atoms with Gasteiger partial charge in [0.05, 0.1) is 0 Å². The average Bonchev–Trinajstić information content (AvgIpc) is 3.61. The molecular formula is C49H37N3O. The lowest BCUT2D eigenvalue weighted by molar-refractivity contribution is 0.596. The van der Waals surface area contributed by atoms with Crippen molar-refractivity contribution in [3.8, 4) is 34.2 Å². The van der Waals surface area contributed by atoms with E-state index in [-0.39, 0.29) is 0 Å². The summed E-state index contributed by atoms with van der Waals surface area (Å²) in [6, 6.07) is 49.6. The summed E-state index contributed by atoms with van der Waals surface area (Å²) in [5, 5.41) is 8.58. The normalized spacial score (nSPS) is 12.8. The number of nitrogens with zero attached hydrogens (tertiary/aromatic N) is 3. The summed E-state index contributed by atoms with van der Waals surface area (Å²) >= 11 is 0. The smallest absolute Gasteiger partial charge is 0.164 e. The third kappa shape index (κ3) is 5.68. The highest BCUT2D eigenvalue weighted by Crippen LogP contribution is 2.41. The van der Waals surface area contributed by atoms with Gasteiger partial charge in [-0.25, -0.2) is 15.0 Å². The SMILES string of the molecule is CCCCc1ccc2cc(-c3nc(-c4ccccc4)nc(-c4cccc5oc6c(c45)CCC(c4ccc5c(ccc7ccccc75)c4)=C6)n3)ccc2c1. The van der Waals surface area contributed by atoms with Crippen LogP contribution in [0.4, 0.5) is 0 Å². The van der Waals surface area contributed by atoms with E-state index < -0.39 is 0 Å². The minimum atomic E-state index is 0.648. The van der Waals surface area contributed by atoms with Gasteiger partial charge in [-0.3, -0.25) is 0 Å². The quantitative estimate of drug-likeness (QED) is 0.157. The Kier molecular flexibility index (Phi) is 7.68. The van der Waals surface area contributed by atoms with Crippen molar-refractivity contribution < 1.29 is 4.42 Å². The molecule has 0 aliphatic heterocycles. The average molecular weight is 684 g/mol. The molecule has 0 bridgehead atoms. The maximum atomic E-state index is 6.61.